The van der Waals surface area contributed by atoms with Gasteiger partial charge in [0.05, 0.1) is 30.9 Å². The van der Waals surface area contributed by atoms with Crippen molar-refractivity contribution < 1.29 is 17.9 Å². The fourth-order valence-corrected chi connectivity index (χ4v) is 4.79. The topological polar surface area (TPSA) is 147 Å². The molecule has 3 heterocycles. The molecule has 188 valence electrons. The number of ether oxygens (including phenoxy) is 2. The highest BCUT2D eigenvalue weighted by Crippen LogP contribution is 2.35. The number of hydrogen-bond acceptors (Lipinski definition) is 10. The van der Waals surface area contributed by atoms with Gasteiger partial charge in [0.1, 0.15) is 6.33 Å². The molecule has 3 aromatic heterocycles. The monoisotopic (exact) mass is 510 g/mol. The smallest absolute Gasteiger partial charge is 0.245 e. The molecule has 2 atom stereocenters. The summed E-state index contributed by atoms with van der Waals surface area (Å²) >= 11 is 0. The van der Waals surface area contributed by atoms with Crippen molar-refractivity contribution in [3.05, 3.63) is 60.4 Å². The van der Waals surface area contributed by atoms with Gasteiger partial charge in [-0.3, -0.25) is 19.3 Å². The van der Waals surface area contributed by atoms with Gasteiger partial charge in [0.25, 0.3) is 0 Å². The molecule has 0 aliphatic rings. The summed E-state index contributed by atoms with van der Waals surface area (Å²) in [6, 6.07) is 9.17. The third-order valence-electron chi connectivity index (χ3n) is 5.76. The molecule has 0 aliphatic heterocycles. The number of aromatic nitrogens is 7. The molecule has 0 unspecified atom stereocenters. The van der Waals surface area contributed by atoms with Crippen molar-refractivity contribution in [2.75, 3.05) is 18.9 Å². The van der Waals surface area contributed by atoms with Crippen LogP contribution in [0.3, 0.4) is 0 Å². The van der Waals surface area contributed by atoms with E-state index < -0.39 is 21.2 Å². The molecule has 1 N–H and O–H groups in total. The number of sulfonamides is 1. The largest absolute Gasteiger partial charge is 0.479 e. The first-order valence-corrected chi connectivity index (χ1v) is 12.6. The zero-order valence-corrected chi connectivity index (χ0v) is 21.3. The molecule has 13 heteroatoms. The van der Waals surface area contributed by atoms with Gasteiger partial charge in [0.15, 0.2) is 11.5 Å². The predicted molar refractivity (Wildman–Crippen MR) is 133 cm³/mol. The van der Waals surface area contributed by atoms with E-state index in [0.29, 0.717) is 17.1 Å². The van der Waals surface area contributed by atoms with Crippen LogP contribution in [0.2, 0.25) is 0 Å². The summed E-state index contributed by atoms with van der Waals surface area (Å²) in [4.78, 5) is 16.9. The molecule has 0 radical (unpaired) electrons. The number of benzene rings is 1. The number of aryl methyl sites for hydroxylation is 1. The molecule has 0 spiro atoms. The number of hydrogen-bond donors (Lipinski definition) is 1. The van der Waals surface area contributed by atoms with Gasteiger partial charge in [-0.05, 0) is 13.8 Å². The van der Waals surface area contributed by atoms with Crippen LogP contribution in [0, 0.1) is 6.92 Å². The maximum absolute atomic E-state index is 13.5. The Hall–Kier alpha value is -4.13. The van der Waals surface area contributed by atoms with Crippen molar-refractivity contribution in [3.63, 3.8) is 0 Å². The van der Waals surface area contributed by atoms with E-state index in [4.69, 9.17) is 9.47 Å². The Kier molecular flexibility index (Phi) is 7.10. The minimum absolute atomic E-state index is 0.0747. The molecular weight excluding hydrogens is 484 g/mol. The van der Waals surface area contributed by atoms with Crippen LogP contribution in [-0.2, 0) is 10.0 Å². The SMILES string of the molecule is COc1ncnc(OC)c1-n1c(NS(=O)(=O)[C@@H](C)[C@H](C)c2cnc(C)cn2)nnc1-c1ccccc1. The van der Waals surface area contributed by atoms with E-state index in [1.165, 1.54) is 25.1 Å². The summed E-state index contributed by atoms with van der Waals surface area (Å²) in [6.07, 6.45) is 4.47. The quantitative estimate of drug-likeness (QED) is 0.356. The summed E-state index contributed by atoms with van der Waals surface area (Å²) in [7, 11) is -1.10. The molecule has 0 amide bonds. The van der Waals surface area contributed by atoms with Gasteiger partial charge >= 0.3 is 0 Å². The van der Waals surface area contributed by atoms with Crippen LogP contribution >= 0.6 is 0 Å². The first kappa shape index (κ1) is 25.0. The lowest BCUT2D eigenvalue weighted by Gasteiger charge is -2.21. The molecule has 4 rings (SSSR count). The van der Waals surface area contributed by atoms with Crippen LogP contribution in [0.5, 0.6) is 11.8 Å². The van der Waals surface area contributed by atoms with Gasteiger partial charge < -0.3 is 9.47 Å². The van der Waals surface area contributed by atoms with Gasteiger partial charge in [-0.15, -0.1) is 10.2 Å². The highest BCUT2D eigenvalue weighted by atomic mass is 32.2. The number of methoxy groups -OCH3 is 2. The third-order valence-corrected chi connectivity index (χ3v) is 7.61. The summed E-state index contributed by atoms with van der Waals surface area (Å²) in [5.41, 5.74) is 2.23. The summed E-state index contributed by atoms with van der Waals surface area (Å²) < 4.78 is 41.9. The second-order valence-electron chi connectivity index (χ2n) is 8.01. The van der Waals surface area contributed by atoms with Gasteiger partial charge in [-0.25, -0.2) is 8.42 Å². The van der Waals surface area contributed by atoms with E-state index in [2.05, 4.69) is 34.9 Å². The molecule has 12 nitrogen and oxygen atoms in total. The Bertz CT molecular complexity index is 1420. The lowest BCUT2D eigenvalue weighted by atomic mass is 10.1. The Morgan fingerprint density at radius 1 is 0.917 bits per heavy atom. The Labute approximate surface area is 208 Å². The lowest BCUT2D eigenvalue weighted by molar-refractivity contribution is 0.368. The molecule has 0 saturated carbocycles. The van der Waals surface area contributed by atoms with Crippen molar-refractivity contribution in [2.24, 2.45) is 0 Å². The standard InChI is InChI=1S/C23H26N8O4S/c1-14-11-25-18(12-24-14)15(2)16(3)36(32,33)30-23-29-28-20(17-9-7-6-8-10-17)31(23)19-21(34-4)26-13-27-22(19)35-5/h6-13,15-16H,1-5H3,(H,29,30)/t15-,16-/m0/s1. The van der Waals surface area contributed by atoms with Gasteiger partial charge in [-0.1, -0.05) is 37.3 Å². The first-order chi connectivity index (χ1) is 17.3. The van der Waals surface area contributed by atoms with Crippen molar-refractivity contribution in [1.29, 1.82) is 0 Å². The van der Waals surface area contributed by atoms with E-state index in [9.17, 15) is 8.42 Å². The average molecular weight is 511 g/mol. The van der Waals surface area contributed by atoms with Crippen LogP contribution < -0.4 is 14.2 Å². The van der Waals surface area contributed by atoms with Crippen LogP contribution in [0.15, 0.2) is 49.1 Å². The van der Waals surface area contributed by atoms with Crippen molar-refractivity contribution >= 4 is 16.0 Å². The zero-order valence-electron chi connectivity index (χ0n) is 20.4. The van der Waals surface area contributed by atoms with Crippen LogP contribution in [-0.4, -0.2) is 62.6 Å². The van der Waals surface area contributed by atoms with Crippen molar-refractivity contribution in [2.45, 2.75) is 31.9 Å². The molecule has 1 aromatic carbocycles. The highest BCUT2D eigenvalue weighted by molar-refractivity contribution is 7.93. The second kappa shape index (κ2) is 10.2. The van der Waals surface area contributed by atoms with E-state index in [1.54, 1.807) is 26.2 Å². The zero-order chi connectivity index (χ0) is 25.9. The van der Waals surface area contributed by atoms with E-state index in [1.807, 2.05) is 37.3 Å². The molecule has 0 bridgehead atoms. The average Bonchev–Trinajstić information content (AvgIpc) is 3.30. The van der Waals surface area contributed by atoms with Gasteiger partial charge in [0, 0.05) is 23.9 Å². The van der Waals surface area contributed by atoms with Crippen molar-refractivity contribution in [3.8, 4) is 28.8 Å². The fourth-order valence-electron chi connectivity index (χ4n) is 3.54. The van der Waals surface area contributed by atoms with E-state index in [-0.39, 0.29) is 23.4 Å². The molecule has 36 heavy (non-hydrogen) atoms. The van der Waals surface area contributed by atoms with Gasteiger partial charge in [-0.2, -0.15) is 9.97 Å². The Morgan fingerprint density at radius 3 is 2.17 bits per heavy atom. The first-order valence-electron chi connectivity index (χ1n) is 11.0. The number of nitrogens with one attached hydrogen (secondary N) is 1. The molecular formula is C23H26N8O4S. The van der Waals surface area contributed by atoms with Crippen LogP contribution in [0.25, 0.3) is 17.1 Å². The molecule has 0 fully saturated rings. The predicted octanol–water partition coefficient (Wildman–Crippen LogP) is 2.77. The molecule has 0 aliphatic carbocycles. The second-order valence-corrected chi connectivity index (χ2v) is 10.1. The molecule has 0 saturated heterocycles. The highest BCUT2D eigenvalue weighted by Gasteiger charge is 2.32. The summed E-state index contributed by atoms with van der Waals surface area (Å²) in [6.45, 7) is 5.19. The van der Waals surface area contributed by atoms with Crippen molar-refractivity contribution in [1.82, 2.24) is 34.7 Å². The molecule has 4 aromatic rings. The Balaban J connectivity index is 1.81. The Morgan fingerprint density at radius 2 is 1.58 bits per heavy atom. The minimum atomic E-state index is -3.97. The van der Waals surface area contributed by atoms with Gasteiger partial charge in [0.2, 0.25) is 27.7 Å². The number of nitrogens with zero attached hydrogens (tertiary/aromatic N) is 7. The number of rotatable bonds is 9. The van der Waals surface area contributed by atoms with E-state index in [0.717, 1.165) is 5.69 Å². The number of anilines is 1. The summed E-state index contributed by atoms with van der Waals surface area (Å²) in [5, 5.41) is 7.55. The fraction of sp³-hybridized carbons (Fsp3) is 0.304. The van der Waals surface area contributed by atoms with Crippen LogP contribution in [0.4, 0.5) is 5.95 Å². The minimum Gasteiger partial charge on any atom is -0.479 e. The van der Waals surface area contributed by atoms with Crippen LogP contribution in [0.1, 0.15) is 31.2 Å². The van der Waals surface area contributed by atoms with E-state index >= 15 is 0 Å². The summed E-state index contributed by atoms with van der Waals surface area (Å²) in [5.74, 6) is 0.107. The lowest BCUT2D eigenvalue weighted by Crippen LogP contribution is -2.31. The maximum Gasteiger partial charge on any atom is 0.245 e. The third kappa shape index (κ3) is 4.82. The normalized spacial score (nSPS) is 13.1. The maximum atomic E-state index is 13.5.